The summed E-state index contributed by atoms with van der Waals surface area (Å²) < 4.78 is 6.69. The zero-order valence-corrected chi connectivity index (χ0v) is 13.9. The Labute approximate surface area is 129 Å². The molecule has 7 heteroatoms. The lowest BCUT2D eigenvalue weighted by molar-refractivity contribution is 0.0635. The van der Waals surface area contributed by atoms with Gasteiger partial charge in [-0.15, -0.1) is 0 Å². The number of hydrogen-bond donors (Lipinski definition) is 1. The number of aryl methyl sites for hydroxylation is 1. The Morgan fingerprint density at radius 2 is 2.00 bits per heavy atom. The van der Waals surface area contributed by atoms with Crippen molar-refractivity contribution in [2.75, 3.05) is 5.32 Å². The van der Waals surface area contributed by atoms with E-state index in [1.807, 2.05) is 20.8 Å². The summed E-state index contributed by atoms with van der Waals surface area (Å²) in [6.07, 6.45) is 1.09. The summed E-state index contributed by atoms with van der Waals surface area (Å²) in [6, 6.07) is 1.52. The molecule has 2 aromatic rings. The number of aromatic nitrogens is 3. The fraction of sp³-hybridized carbons (Fsp3) is 0.500. The second kappa shape index (κ2) is 6.76. The van der Waals surface area contributed by atoms with Crippen molar-refractivity contribution in [2.24, 2.45) is 0 Å². The van der Waals surface area contributed by atoms with Gasteiger partial charge in [0.25, 0.3) is 0 Å². The van der Waals surface area contributed by atoms with Gasteiger partial charge in [0.05, 0.1) is 6.20 Å². The van der Waals surface area contributed by atoms with Crippen molar-refractivity contribution in [3.8, 4) is 0 Å². The lowest BCUT2D eigenvalue weighted by Gasteiger charge is -2.19. The molecule has 6 nitrogen and oxygen atoms in total. The molecule has 21 heavy (non-hydrogen) atoms. The van der Waals surface area contributed by atoms with Gasteiger partial charge >= 0.3 is 6.09 Å². The Bertz CT molecular complexity index is 632. The van der Waals surface area contributed by atoms with Crippen LogP contribution >= 0.6 is 11.6 Å². The number of carbonyl (C=O) groups excluding carboxylic acids is 1. The molecule has 0 aliphatic carbocycles. The summed E-state index contributed by atoms with van der Waals surface area (Å²) in [5.41, 5.74) is 0.897. The van der Waals surface area contributed by atoms with Crippen LogP contribution in [-0.2, 0) is 4.74 Å². The van der Waals surface area contributed by atoms with Crippen LogP contribution < -0.4 is 5.32 Å². The molecule has 0 saturated carbocycles. The van der Waals surface area contributed by atoms with Crippen LogP contribution in [0, 0.1) is 6.92 Å². The standard InChI is InChI=1S/C12H15ClN4O2.C2H6/c1-7-6-14-17-9(5-8(13)15-10(7)17)16-11(18)19-12(2,3)4;1-2/h5-6H,1-4H3,(H,16,18);1-2H3. The van der Waals surface area contributed by atoms with Crippen LogP contribution in [0.4, 0.5) is 10.6 Å². The molecule has 0 aliphatic rings. The fourth-order valence-corrected chi connectivity index (χ4v) is 1.72. The predicted octanol–water partition coefficient (Wildman–Crippen LogP) is 4.06. The Kier molecular flexibility index (Phi) is 5.54. The first kappa shape index (κ1) is 17.2. The van der Waals surface area contributed by atoms with E-state index in [0.29, 0.717) is 11.5 Å². The van der Waals surface area contributed by atoms with Crippen molar-refractivity contribution in [1.29, 1.82) is 0 Å². The first-order valence-corrected chi connectivity index (χ1v) is 7.15. The maximum Gasteiger partial charge on any atom is 0.413 e. The average Bonchev–Trinajstić information content (AvgIpc) is 2.71. The maximum absolute atomic E-state index is 11.8. The van der Waals surface area contributed by atoms with Crippen molar-refractivity contribution in [2.45, 2.75) is 47.1 Å². The summed E-state index contributed by atoms with van der Waals surface area (Å²) in [7, 11) is 0. The minimum absolute atomic E-state index is 0.280. The number of amides is 1. The van der Waals surface area contributed by atoms with Crippen LogP contribution in [0.5, 0.6) is 0 Å². The van der Waals surface area contributed by atoms with Crippen LogP contribution in [0.2, 0.25) is 5.15 Å². The predicted molar refractivity (Wildman–Crippen MR) is 83.9 cm³/mol. The summed E-state index contributed by atoms with van der Waals surface area (Å²) >= 11 is 5.92. The lowest BCUT2D eigenvalue weighted by Crippen LogP contribution is -2.28. The topological polar surface area (TPSA) is 68.5 Å². The zero-order chi connectivity index (χ0) is 16.2. The monoisotopic (exact) mass is 312 g/mol. The van der Waals surface area contributed by atoms with Gasteiger partial charge in [-0.1, -0.05) is 25.4 Å². The van der Waals surface area contributed by atoms with Crippen molar-refractivity contribution < 1.29 is 9.53 Å². The second-order valence-corrected chi connectivity index (χ2v) is 5.54. The number of nitrogens with zero attached hydrogens (tertiary/aromatic N) is 3. The highest BCUT2D eigenvalue weighted by Gasteiger charge is 2.18. The summed E-state index contributed by atoms with van der Waals surface area (Å²) in [5, 5.41) is 7.02. The van der Waals surface area contributed by atoms with Crippen LogP contribution in [0.25, 0.3) is 5.65 Å². The highest BCUT2D eigenvalue weighted by atomic mass is 35.5. The van der Waals surface area contributed by atoms with Crippen molar-refractivity contribution in [3.05, 3.63) is 23.0 Å². The van der Waals surface area contributed by atoms with Gasteiger partial charge in [0.15, 0.2) is 5.65 Å². The van der Waals surface area contributed by atoms with Crippen LogP contribution in [0.3, 0.4) is 0 Å². The van der Waals surface area contributed by atoms with Crippen LogP contribution in [-0.4, -0.2) is 26.3 Å². The number of ether oxygens (including phenoxy) is 1. The highest BCUT2D eigenvalue weighted by Crippen LogP contribution is 2.19. The van der Waals surface area contributed by atoms with Gasteiger partial charge in [0, 0.05) is 11.6 Å². The molecule has 1 N–H and O–H groups in total. The van der Waals surface area contributed by atoms with E-state index in [1.165, 1.54) is 10.6 Å². The van der Waals surface area contributed by atoms with Crippen molar-refractivity contribution >= 4 is 29.2 Å². The molecule has 116 valence electrons. The zero-order valence-electron chi connectivity index (χ0n) is 13.2. The maximum atomic E-state index is 11.8. The molecule has 2 rings (SSSR count). The lowest BCUT2D eigenvalue weighted by atomic mass is 10.2. The number of halogens is 1. The molecule has 0 spiro atoms. The van der Waals surface area contributed by atoms with Gasteiger partial charge in [-0.25, -0.2) is 9.78 Å². The largest absolute Gasteiger partial charge is 0.444 e. The molecule has 2 aromatic heterocycles. The minimum atomic E-state index is -0.569. The summed E-state index contributed by atoms with van der Waals surface area (Å²) in [4.78, 5) is 15.9. The molecular formula is C14H21ClN4O2. The molecule has 0 saturated heterocycles. The first-order valence-electron chi connectivity index (χ1n) is 6.77. The summed E-state index contributed by atoms with van der Waals surface area (Å²) in [5.74, 6) is 0.414. The molecule has 0 unspecified atom stereocenters. The Morgan fingerprint density at radius 3 is 2.57 bits per heavy atom. The number of carbonyl (C=O) groups is 1. The quantitative estimate of drug-likeness (QED) is 0.806. The smallest absolute Gasteiger partial charge is 0.413 e. The molecular weight excluding hydrogens is 292 g/mol. The third-order valence-electron chi connectivity index (χ3n) is 2.25. The number of nitrogens with one attached hydrogen (secondary N) is 1. The van der Waals surface area contributed by atoms with E-state index >= 15 is 0 Å². The molecule has 0 aromatic carbocycles. The van der Waals surface area contributed by atoms with Gasteiger partial charge in [-0.3, -0.25) is 5.32 Å². The van der Waals surface area contributed by atoms with Crippen LogP contribution in [0.15, 0.2) is 12.3 Å². The van der Waals surface area contributed by atoms with E-state index in [1.54, 1.807) is 27.0 Å². The van der Waals surface area contributed by atoms with Crippen molar-refractivity contribution in [3.63, 3.8) is 0 Å². The summed E-state index contributed by atoms with van der Waals surface area (Å²) in [6.45, 7) is 11.2. The van der Waals surface area contributed by atoms with E-state index in [2.05, 4.69) is 15.4 Å². The van der Waals surface area contributed by atoms with E-state index < -0.39 is 11.7 Å². The fourth-order valence-electron chi connectivity index (χ4n) is 1.54. The Balaban J connectivity index is 0.00000106. The van der Waals surface area contributed by atoms with Gasteiger partial charge in [-0.05, 0) is 27.7 Å². The van der Waals surface area contributed by atoms with Gasteiger partial charge in [0.2, 0.25) is 0 Å². The second-order valence-electron chi connectivity index (χ2n) is 5.15. The molecule has 0 aliphatic heterocycles. The Hall–Kier alpha value is -1.82. The van der Waals surface area contributed by atoms with E-state index in [9.17, 15) is 4.79 Å². The van der Waals surface area contributed by atoms with E-state index in [0.717, 1.165) is 5.56 Å². The highest BCUT2D eigenvalue weighted by molar-refractivity contribution is 6.29. The van der Waals surface area contributed by atoms with Gasteiger partial charge in [-0.2, -0.15) is 9.61 Å². The Morgan fingerprint density at radius 1 is 1.38 bits per heavy atom. The van der Waals surface area contributed by atoms with E-state index in [4.69, 9.17) is 16.3 Å². The van der Waals surface area contributed by atoms with Crippen LogP contribution in [0.1, 0.15) is 40.2 Å². The number of fused-ring (bicyclic) bond motifs is 1. The normalized spacial score (nSPS) is 10.8. The molecule has 1 amide bonds. The molecule has 2 heterocycles. The minimum Gasteiger partial charge on any atom is -0.444 e. The first-order chi connectivity index (χ1) is 9.76. The average molecular weight is 313 g/mol. The number of rotatable bonds is 1. The molecule has 0 fully saturated rings. The van der Waals surface area contributed by atoms with E-state index in [-0.39, 0.29) is 5.15 Å². The third-order valence-corrected chi connectivity index (χ3v) is 2.44. The molecule has 0 atom stereocenters. The van der Waals surface area contributed by atoms with Crippen molar-refractivity contribution in [1.82, 2.24) is 14.6 Å². The number of anilines is 1. The molecule has 0 bridgehead atoms. The van der Waals surface area contributed by atoms with Gasteiger partial charge < -0.3 is 4.74 Å². The third kappa shape index (κ3) is 4.60. The van der Waals surface area contributed by atoms with Gasteiger partial charge in [0.1, 0.15) is 16.6 Å². The SMILES string of the molecule is CC.Cc1cnn2c(NC(=O)OC(C)(C)C)cc(Cl)nc12. The molecule has 0 radical (unpaired) electrons. The number of hydrogen-bond acceptors (Lipinski definition) is 4.